The molecule has 0 amide bonds. The molecule has 0 unspecified atom stereocenters. The molecule has 5 heteroatoms. The van der Waals surface area contributed by atoms with Crippen molar-refractivity contribution in [2.75, 3.05) is 5.73 Å². The van der Waals surface area contributed by atoms with E-state index in [-0.39, 0.29) is 5.69 Å². The van der Waals surface area contributed by atoms with Crippen molar-refractivity contribution in [3.8, 4) is 11.5 Å². The van der Waals surface area contributed by atoms with Crippen LogP contribution in [0.4, 0.5) is 18.9 Å². The summed E-state index contributed by atoms with van der Waals surface area (Å²) < 4.78 is 37.6. The van der Waals surface area contributed by atoms with Gasteiger partial charge in [0.2, 0.25) is 0 Å². The number of nitrogen functional groups attached to an aromatic ring is 1. The predicted octanol–water partition coefficient (Wildman–Crippen LogP) is 3.52. The lowest BCUT2D eigenvalue weighted by Gasteiger charge is -2.08. The van der Waals surface area contributed by atoms with Crippen LogP contribution in [0.15, 0.2) is 18.2 Å². The van der Waals surface area contributed by atoms with E-state index in [1.165, 1.54) is 6.07 Å². The summed E-state index contributed by atoms with van der Waals surface area (Å²) in [7, 11) is -1.60. The molecule has 0 heterocycles. The van der Waals surface area contributed by atoms with Gasteiger partial charge in [-0.1, -0.05) is 25.6 Å². The fourth-order valence-corrected chi connectivity index (χ4v) is 1.67. The second kappa shape index (κ2) is 4.45. The second-order valence-corrected chi connectivity index (χ2v) is 9.59. The fourth-order valence-electron chi connectivity index (χ4n) is 1.15. The molecule has 0 aliphatic carbocycles. The summed E-state index contributed by atoms with van der Waals surface area (Å²) in [4.78, 5) is 0. The van der Waals surface area contributed by atoms with Gasteiger partial charge in [-0.2, -0.15) is 13.2 Å². The summed E-state index contributed by atoms with van der Waals surface area (Å²) in [6.07, 6.45) is -4.38. The number of halogens is 3. The molecule has 0 fully saturated rings. The van der Waals surface area contributed by atoms with Gasteiger partial charge >= 0.3 is 6.18 Å². The Labute approximate surface area is 99.8 Å². The molecular weight excluding hydrogens is 243 g/mol. The molecule has 0 saturated carbocycles. The summed E-state index contributed by atoms with van der Waals surface area (Å²) in [5.74, 6) is 2.77. The zero-order valence-electron chi connectivity index (χ0n) is 9.94. The molecule has 17 heavy (non-hydrogen) atoms. The molecular formula is C12H14F3NSi. The maximum atomic E-state index is 12.5. The van der Waals surface area contributed by atoms with Gasteiger partial charge in [-0.3, -0.25) is 0 Å². The summed E-state index contributed by atoms with van der Waals surface area (Å²) in [5, 5.41) is 0. The van der Waals surface area contributed by atoms with Gasteiger partial charge in [0.15, 0.2) is 0 Å². The number of hydrogen-bond acceptors (Lipinski definition) is 1. The predicted molar refractivity (Wildman–Crippen MR) is 66.1 cm³/mol. The van der Waals surface area contributed by atoms with Gasteiger partial charge in [0, 0.05) is 11.3 Å². The standard InChI is InChI=1S/C12H14F3NSi/c1-17(2,3)5-4-9-6-10(12(13,14)15)8-11(16)7-9/h6-8H,16H2,1-3H3. The largest absolute Gasteiger partial charge is 0.416 e. The third-order valence-electron chi connectivity index (χ3n) is 1.86. The van der Waals surface area contributed by atoms with Crippen LogP contribution < -0.4 is 5.73 Å². The third kappa shape index (κ3) is 4.53. The minimum atomic E-state index is -4.38. The maximum absolute atomic E-state index is 12.5. The zero-order valence-corrected chi connectivity index (χ0v) is 10.9. The van der Waals surface area contributed by atoms with Crippen LogP contribution in [0.25, 0.3) is 0 Å². The van der Waals surface area contributed by atoms with Crippen molar-refractivity contribution in [3.63, 3.8) is 0 Å². The Morgan fingerprint density at radius 1 is 1.12 bits per heavy atom. The minimum Gasteiger partial charge on any atom is -0.399 e. The van der Waals surface area contributed by atoms with Crippen LogP contribution >= 0.6 is 0 Å². The monoisotopic (exact) mass is 257 g/mol. The first-order chi connectivity index (χ1) is 7.58. The Balaban J connectivity index is 3.18. The molecule has 1 aromatic rings. The fraction of sp³-hybridized carbons (Fsp3) is 0.333. The summed E-state index contributed by atoms with van der Waals surface area (Å²) in [5.41, 5.74) is 8.10. The van der Waals surface area contributed by atoms with Crippen molar-refractivity contribution in [1.29, 1.82) is 0 Å². The number of nitrogens with two attached hydrogens (primary N) is 1. The Bertz CT molecular complexity index is 475. The molecule has 2 N–H and O–H groups in total. The lowest BCUT2D eigenvalue weighted by atomic mass is 10.1. The molecule has 1 nitrogen and oxygen atoms in total. The maximum Gasteiger partial charge on any atom is 0.416 e. The molecule has 0 radical (unpaired) electrons. The van der Waals surface area contributed by atoms with Crippen LogP contribution in [0.3, 0.4) is 0 Å². The van der Waals surface area contributed by atoms with Crippen LogP contribution in [0.1, 0.15) is 11.1 Å². The van der Waals surface area contributed by atoms with E-state index in [4.69, 9.17) is 5.73 Å². The van der Waals surface area contributed by atoms with Crippen LogP contribution in [0.5, 0.6) is 0 Å². The molecule has 0 bridgehead atoms. The van der Waals surface area contributed by atoms with E-state index in [2.05, 4.69) is 11.5 Å². The van der Waals surface area contributed by atoms with Gasteiger partial charge in [0.25, 0.3) is 0 Å². The Kier molecular flexibility index (Phi) is 3.58. The highest BCUT2D eigenvalue weighted by atomic mass is 28.3. The average molecular weight is 257 g/mol. The summed E-state index contributed by atoms with van der Waals surface area (Å²) in [6.45, 7) is 6.07. The summed E-state index contributed by atoms with van der Waals surface area (Å²) >= 11 is 0. The highest BCUT2D eigenvalue weighted by Gasteiger charge is 2.30. The Morgan fingerprint density at radius 3 is 2.18 bits per heavy atom. The van der Waals surface area contributed by atoms with Gasteiger partial charge in [-0.15, -0.1) is 5.54 Å². The smallest absolute Gasteiger partial charge is 0.399 e. The van der Waals surface area contributed by atoms with Gasteiger partial charge in [0.1, 0.15) is 8.07 Å². The van der Waals surface area contributed by atoms with Gasteiger partial charge in [-0.05, 0) is 18.2 Å². The number of alkyl halides is 3. The average Bonchev–Trinajstić information content (AvgIpc) is 2.11. The first kappa shape index (κ1) is 13.7. The van der Waals surface area contributed by atoms with Gasteiger partial charge in [-0.25, -0.2) is 0 Å². The minimum absolute atomic E-state index is 0.0831. The highest BCUT2D eigenvalue weighted by Crippen LogP contribution is 2.31. The van der Waals surface area contributed by atoms with Gasteiger partial charge in [0.05, 0.1) is 5.56 Å². The van der Waals surface area contributed by atoms with E-state index in [1.54, 1.807) is 0 Å². The number of rotatable bonds is 0. The molecule has 0 aromatic heterocycles. The van der Waals surface area contributed by atoms with Gasteiger partial charge < -0.3 is 5.73 Å². The van der Waals surface area contributed by atoms with Crippen LogP contribution in [0.2, 0.25) is 19.6 Å². The number of hydrogen-bond donors (Lipinski definition) is 1. The molecule has 0 aliphatic rings. The Morgan fingerprint density at radius 2 is 1.71 bits per heavy atom. The highest BCUT2D eigenvalue weighted by molar-refractivity contribution is 6.83. The van der Waals surface area contributed by atoms with E-state index in [9.17, 15) is 13.2 Å². The third-order valence-corrected chi connectivity index (χ3v) is 2.74. The zero-order chi connectivity index (χ0) is 13.3. The normalized spacial score (nSPS) is 11.9. The van der Waals surface area contributed by atoms with E-state index in [0.717, 1.165) is 12.1 Å². The lowest BCUT2D eigenvalue weighted by Crippen LogP contribution is -2.16. The van der Waals surface area contributed by atoms with Crippen molar-refractivity contribution >= 4 is 13.8 Å². The molecule has 0 aliphatic heterocycles. The Hall–Kier alpha value is -1.41. The van der Waals surface area contributed by atoms with Crippen molar-refractivity contribution < 1.29 is 13.2 Å². The molecule has 0 saturated heterocycles. The SMILES string of the molecule is C[Si](C)(C)C#Cc1cc(N)cc(C(F)(F)F)c1. The quantitative estimate of drug-likeness (QED) is 0.429. The van der Waals surface area contributed by atoms with E-state index >= 15 is 0 Å². The van der Waals surface area contributed by atoms with Crippen LogP contribution in [-0.2, 0) is 6.18 Å². The second-order valence-electron chi connectivity index (χ2n) is 4.84. The van der Waals surface area contributed by atoms with Crippen LogP contribution in [0, 0.1) is 11.5 Å². The van der Waals surface area contributed by atoms with Crippen molar-refractivity contribution in [2.45, 2.75) is 25.8 Å². The molecule has 1 rings (SSSR count). The first-order valence-corrected chi connectivity index (χ1v) is 8.59. The van der Waals surface area contributed by atoms with Crippen molar-refractivity contribution in [1.82, 2.24) is 0 Å². The molecule has 92 valence electrons. The molecule has 0 spiro atoms. The first-order valence-electron chi connectivity index (χ1n) is 5.09. The number of anilines is 1. The summed E-state index contributed by atoms with van der Waals surface area (Å²) in [6, 6.07) is 3.41. The number of benzene rings is 1. The van der Waals surface area contributed by atoms with E-state index in [1.807, 2.05) is 19.6 Å². The van der Waals surface area contributed by atoms with E-state index in [0.29, 0.717) is 5.56 Å². The topological polar surface area (TPSA) is 26.0 Å². The van der Waals surface area contributed by atoms with E-state index < -0.39 is 19.8 Å². The van der Waals surface area contributed by atoms with Crippen molar-refractivity contribution in [3.05, 3.63) is 29.3 Å². The van der Waals surface area contributed by atoms with Crippen molar-refractivity contribution in [2.24, 2.45) is 0 Å². The lowest BCUT2D eigenvalue weighted by molar-refractivity contribution is -0.137. The molecule has 0 atom stereocenters. The van der Waals surface area contributed by atoms with Crippen LogP contribution in [-0.4, -0.2) is 8.07 Å². The molecule has 1 aromatic carbocycles.